The molecule has 1 amide bonds. The number of carbonyl (C=O) groups is 1. The molecule has 0 atom stereocenters. The van der Waals surface area contributed by atoms with Gasteiger partial charge in [-0.05, 0) is 42.7 Å². The average Bonchev–Trinajstić information content (AvgIpc) is 2.58. The van der Waals surface area contributed by atoms with Crippen molar-refractivity contribution in [1.29, 1.82) is 0 Å². The summed E-state index contributed by atoms with van der Waals surface area (Å²) in [4.78, 5) is 14.8. The summed E-state index contributed by atoms with van der Waals surface area (Å²) < 4.78 is 0. The maximum absolute atomic E-state index is 12.2. The standard InChI is InChI=1S/C20H28N2O/c23-19-14-17-8-4-5-9-18(17)20(21-19)10-12-22(13-11-20)15-16-6-2-1-3-7-16/h4-5,8-9,16H,1-3,6-7,10-15H2,(H,21,23). The average molecular weight is 312 g/mol. The van der Waals surface area contributed by atoms with Crippen molar-refractivity contribution in [3.05, 3.63) is 35.4 Å². The maximum Gasteiger partial charge on any atom is 0.225 e. The molecular formula is C20H28N2O. The Bertz CT molecular complexity index is 569. The third-order valence-electron chi connectivity index (χ3n) is 6.21. The molecule has 2 heterocycles. The highest BCUT2D eigenvalue weighted by Gasteiger charge is 2.41. The number of likely N-dealkylation sites (tertiary alicyclic amines) is 1. The Morgan fingerprint density at radius 3 is 2.61 bits per heavy atom. The molecule has 124 valence electrons. The molecule has 0 unspecified atom stereocenters. The monoisotopic (exact) mass is 312 g/mol. The predicted octanol–water partition coefficient (Wildman–Crippen LogP) is 3.23. The predicted molar refractivity (Wildman–Crippen MR) is 92.2 cm³/mol. The summed E-state index contributed by atoms with van der Waals surface area (Å²) in [7, 11) is 0. The molecule has 1 aromatic rings. The van der Waals surface area contributed by atoms with Crippen LogP contribution in [0.5, 0.6) is 0 Å². The maximum atomic E-state index is 12.2. The second-order valence-electron chi connectivity index (χ2n) is 7.77. The van der Waals surface area contributed by atoms with Crippen molar-refractivity contribution in [2.75, 3.05) is 19.6 Å². The van der Waals surface area contributed by atoms with Gasteiger partial charge in [0.2, 0.25) is 5.91 Å². The Morgan fingerprint density at radius 1 is 1.09 bits per heavy atom. The Morgan fingerprint density at radius 2 is 1.83 bits per heavy atom. The highest BCUT2D eigenvalue weighted by atomic mass is 16.1. The molecule has 3 nitrogen and oxygen atoms in total. The molecule has 3 aliphatic rings. The number of amides is 1. The van der Waals surface area contributed by atoms with Gasteiger partial charge in [0.25, 0.3) is 0 Å². The SMILES string of the molecule is O=C1Cc2ccccc2C2(CCN(CC3CCCCC3)CC2)N1. The largest absolute Gasteiger partial charge is 0.346 e. The lowest BCUT2D eigenvalue weighted by Crippen LogP contribution is -2.56. The lowest BCUT2D eigenvalue weighted by Gasteiger charge is -2.46. The molecule has 1 saturated heterocycles. The lowest BCUT2D eigenvalue weighted by atomic mass is 9.75. The number of hydrogen-bond acceptors (Lipinski definition) is 2. The number of fused-ring (bicyclic) bond motifs is 2. The molecule has 4 rings (SSSR count). The summed E-state index contributed by atoms with van der Waals surface area (Å²) in [6.07, 6.45) is 9.78. The molecule has 0 bridgehead atoms. The molecule has 3 heteroatoms. The molecule has 1 N–H and O–H groups in total. The van der Waals surface area contributed by atoms with Gasteiger partial charge in [-0.25, -0.2) is 0 Å². The Balaban J connectivity index is 1.45. The number of piperidine rings is 1. The quantitative estimate of drug-likeness (QED) is 0.909. The highest BCUT2D eigenvalue weighted by molar-refractivity contribution is 5.82. The molecule has 0 aromatic heterocycles. The zero-order valence-electron chi connectivity index (χ0n) is 14.0. The fourth-order valence-corrected chi connectivity index (χ4v) is 4.94. The van der Waals surface area contributed by atoms with E-state index in [9.17, 15) is 4.79 Å². The minimum Gasteiger partial charge on any atom is -0.346 e. The van der Waals surface area contributed by atoms with Crippen LogP contribution >= 0.6 is 0 Å². The van der Waals surface area contributed by atoms with Crippen LogP contribution in [0.2, 0.25) is 0 Å². The number of carbonyl (C=O) groups excluding carboxylic acids is 1. The van der Waals surface area contributed by atoms with Gasteiger partial charge >= 0.3 is 0 Å². The second-order valence-corrected chi connectivity index (χ2v) is 7.77. The summed E-state index contributed by atoms with van der Waals surface area (Å²) in [5.41, 5.74) is 2.50. The molecule has 1 saturated carbocycles. The first-order valence-corrected chi connectivity index (χ1v) is 9.37. The van der Waals surface area contributed by atoms with Gasteiger partial charge in [-0.1, -0.05) is 43.5 Å². The van der Waals surface area contributed by atoms with Crippen molar-refractivity contribution in [2.24, 2.45) is 5.92 Å². The van der Waals surface area contributed by atoms with Crippen molar-refractivity contribution in [2.45, 2.75) is 56.9 Å². The zero-order chi connectivity index (χ0) is 15.7. The second kappa shape index (κ2) is 6.27. The molecule has 1 spiro atoms. The van der Waals surface area contributed by atoms with Crippen LogP contribution in [0.3, 0.4) is 0 Å². The summed E-state index contributed by atoms with van der Waals surface area (Å²) >= 11 is 0. The van der Waals surface area contributed by atoms with Crippen molar-refractivity contribution in [3.63, 3.8) is 0 Å². The van der Waals surface area contributed by atoms with E-state index in [1.807, 2.05) is 0 Å². The van der Waals surface area contributed by atoms with Crippen molar-refractivity contribution in [3.8, 4) is 0 Å². The molecule has 1 aliphatic carbocycles. The first-order valence-electron chi connectivity index (χ1n) is 9.37. The minimum absolute atomic E-state index is 0.102. The van der Waals surface area contributed by atoms with Crippen LogP contribution in [0, 0.1) is 5.92 Å². The van der Waals surface area contributed by atoms with Crippen molar-refractivity contribution >= 4 is 5.91 Å². The topological polar surface area (TPSA) is 32.3 Å². The first-order chi connectivity index (χ1) is 11.3. The van der Waals surface area contributed by atoms with E-state index in [0.717, 1.165) is 31.8 Å². The van der Waals surface area contributed by atoms with E-state index in [1.54, 1.807) is 0 Å². The Kier molecular flexibility index (Phi) is 4.14. The number of nitrogens with zero attached hydrogens (tertiary/aromatic N) is 1. The summed E-state index contributed by atoms with van der Waals surface area (Å²) in [5.74, 6) is 1.11. The van der Waals surface area contributed by atoms with Gasteiger partial charge in [-0.2, -0.15) is 0 Å². The Hall–Kier alpha value is -1.35. The van der Waals surface area contributed by atoms with Crippen LogP contribution in [0.25, 0.3) is 0 Å². The van der Waals surface area contributed by atoms with Crippen LogP contribution in [0.4, 0.5) is 0 Å². The summed E-state index contributed by atoms with van der Waals surface area (Å²) in [6.45, 7) is 3.50. The van der Waals surface area contributed by atoms with Crippen LogP contribution < -0.4 is 5.32 Å². The third-order valence-corrected chi connectivity index (χ3v) is 6.21. The number of nitrogens with one attached hydrogen (secondary N) is 1. The summed E-state index contributed by atoms with van der Waals surface area (Å²) in [6, 6.07) is 8.53. The lowest BCUT2D eigenvalue weighted by molar-refractivity contribution is -0.124. The van der Waals surface area contributed by atoms with Crippen LogP contribution in [0.15, 0.2) is 24.3 Å². The smallest absolute Gasteiger partial charge is 0.225 e. The van der Waals surface area contributed by atoms with Crippen LogP contribution in [-0.4, -0.2) is 30.4 Å². The van der Waals surface area contributed by atoms with Gasteiger partial charge < -0.3 is 10.2 Å². The highest BCUT2D eigenvalue weighted by Crippen LogP contribution is 2.38. The fourth-order valence-electron chi connectivity index (χ4n) is 4.94. The fraction of sp³-hybridized carbons (Fsp3) is 0.650. The molecule has 2 aliphatic heterocycles. The first kappa shape index (κ1) is 15.2. The number of hydrogen-bond donors (Lipinski definition) is 1. The van der Waals surface area contributed by atoms with Crippen LogP contribution in [0.1, 0.15) is 56.1 Å². The van der Waals surface area contributed by atoms with E-state index in [4.69, 9.17) is 0 Å². The zero-order valence-corrected chi connectivity index (χ0v) is 14.0. The molecule has 2 fully saturated rings. The Labute approximate surface area is 139 Å². The van der Waals surface area contributed by atoms with E-state index in [2.05, 4.69) is 34.5 Å². The van der Waals surface area contributed by atoms with E-state index < -0.39 is 0 Å². The van der Waals surface area contributed by atoms with Gasteiger partial charge in [0, 0.05) is 19.6 Å². The molecule has 0 radical (unpaired) electrons. The molecule has 1 aromatic carbocycles. The van der Waals surface area contributed by atoms with Gasteiger partial charge in [-0.15, -0.1) is 0 Å². The minimum atomic E-state index is -0.102. The van der Waals surface area contributed by atoms with Crippen LogP contribution in [-0.2, 0) is 16.8 Å². The molecular weight excluding hydrogens is 284 g/mol. The number of rotatable bonds is 2. The van der Waals surface area contributed by atoms with Gasteiger partial charge in [0.15, 0.2) is 0 Å². The normalized spacial score (nSPS) is 25.1. The number of benzene rings is 1. The van der Waals surface area contributed by atoms with E-state index in [-0.39, 0.29) is 11.4 Å². The van der Waals surface area contributed by atoms with E-state index in [0.29, 0.717) is 6.42 Å². The van der Waals surface area contributed by atoms with Crippen molar-refractivity contribution < 1.29 is 4.79 Å². The summed E-state index contributed by atoms with van der Waals surface area (Å²) in [5, 5.41) is 3.35. The van der Waals surface area contributed by atoms with Crippen molar-refractivity contribution in [1.82, 2.24) is 10.2 Å². The van der Waals surface area contributed by atoms with E-state index >= 15 is 0 Å². The van der Waals surface area contributed by atoms with Gasteiger partial charge in [-0.3, -0.25) is 4.79 Å². The van der Waals surface area contributed by atoms with E-state index in [1.165, 1.54) is 49.8 Å². The van der Waals surface area contributed by atoms with Gasteiger partial charge in [0.05, 0.1) is 12.0 Å². The van der Waals surface area contributed by atoms with Gasteiger partial charge in [0.1, 0.15) is 0 Å². The third kappa shape index (κ3) is 3.03. The molecule has 23 heavy (non-hydrogen) atoms.